The second kappa shape index (κ2) is 9.09. The van der Waals surface area contributed by atoms with Gasteiger partial charge in [0.05, 0.1) is 22.2 Å². The molecule has 32 heavy (non-hydrogen) atoms. The van der Waals surface area contributed by atoms with Gasteiger partial charge in [-0.25, -0.2) is 13.2 Å². The van der Waals surface area contributed by atoms with Crippen molar-refractivity contribution in [1.82, 2.24) is 9.21 Å². The molecule has 2 saturated heterocycles. The first-order chi connectivity index (χ1) is 15.3. The number of anilines is 1. The van der Waals surface area contributed by atoms with Gasteiger partial charge in [0.25, 0.3) is 0 Å². The van der Waals surface area contributed by atoms with Gasteiger partial charge in [0.2, 0.25) is 15.9 Å². The first-order valence-corrected chi connectivity index (χ1v) is 12.2. The molecule has 0 bridgehead atoms. The number of ether oxygens (including phenoxy) is 1. The number of cyclic esters (lactones) is 1. The van der Waals surface area contributed by atoms with Gasteiger partial charge < -0.3 is 15.0 Å². The molecule has 0 aliphatic carbocycles. The van der Waals surface area contributed by atoms with Crippen LogP contribution < -0.4 is 5.32 Å². The molecule has 1 N–H and O–H groups in total. The third kappa shape index (κ3) is 4.60. The molecule has 0 spiro atoms. The lowest BCUT2D eigenvalue weighted by Gasteiger charge is -2.35. The Morgan fingerprint density at radius 3 is 2.44 bits per heavy atom. The van der Waals surface area contributed by atoms with Crippen molar-refractivity contribution in [2.24, 2.45) is 0 Å². The molecule has 170 valence electrons. The molecule has 0 aromatic heterocycles. The van der Waals surface area contributed by atoms with Gasteiger partial charge in [-0.05, 0) is 36.6 Å². The average molecular weight is 478 g/mol. The molecule has 1 atom stereocenters. The summed E-state index contributed by atoms with van der Waals surface area (Å²) >= 11 is 6.15. The Kier molecular flexibility index (Phi) is 6.41. The number of nitrogens with zero attached hydrogens (tertiary/aromatic N) is 2. The summed E-state index contributed by atoms with van der Waals surface area (Å²) in [6.45, 7) is 2.39. The molecule has 8 nitrogen and oxygen atoms in total. The standard InChI is InChI=1S/C22H24ClN3O5S/c1-15(27)24-20-8-7-18(13-19(20)23)32(29,30)25-11-9-17(10-12-25)26-14-21(31-22(26)28)16-5-3-2-4-6-16/h2-8,13,17,21H,9-12,14H2,1H3,(H,24,27). The number of piperidine rings is 1. The second-order valence-electron chi connectivity index (χ2n) is 7.89. The molecule has 2 aromatic carbocycles. The number of hydrogen-bond donors (Lipinski definition) is 1. The van der Waals surface area contributed by atoms with E-state index in [1.54, 1.807) is 4.90 Å². The summed E-state index contributed by atoms with van der Waals surface area (Å²) in [6, 6.07) is 13.8. The van der Waals surface area contributed by atoms with E-state index in [9.17, 15) is 18.0 Å². The summed E-state index contributed by atoms with van der Waals surface area (Å²) in [7, 11) is -3.74. The van der Waals surface area contributed by atoms with Crippen LogP contribution in [0.5, 0.6) is 0 Å². The lowest BCUT2D eigenvalue weighted by molar-refractivity contribution is -0.114. The normalized spacial score (nSPS) is 20.2. The van der Waals surface area contributed by atoms with Crippen molar-refractivity contribution in [3.63, 3.8) is 0 Å². The maximum absolute atomic E-state index is 13.1. The molecule has 0 saturated carbocycles. The molecule has 10 heteroatoms. The van der Waals surface area contributed by atoms with Gasteiger partial charge in [0.15, 0.2) is 0 Å². The van der Waals surface area contributed by atoms with Gasteiger partial charge in [-0.2, -0.15) is 4.31 Å². The lowest BCUT2D eigenvalue weighted by atomic mass is 10.0. The van der Waals surface area contributed by atoms with Gasteiger partial charge in [-0.1, -0.05) is 41.9 Å². The number of rotatable bonds is 5. The van der Waals surface area contributed by atoms with Gasteiger partial charge in [0.1, 0.15) is 6.10 Å². The Morgan fingerprint density at radius 1 is 1.12 bits per heavy atom. The summed E-state index contributed by atoms with van der Waals surface area (Å²) in [5.74, 6) is -0.292. The molecule has 2 fully saturated rings. The number of amides is 2. The zero-order valence-corrected chi connectivity index (χ0v) is 19.1. The number of sulfonamides is 1. The van der Waals surface area contributed by atoms with E-state index in [2.05, 4.69) is 5.32 Å². The summed E-state index contributed by atoms with van der Waals surface area (Å²) in [4.78, 5) is 25.4. The van der Waals surface area contributed by atoms with Crippen LogP contribution in [0.4, 0.5) is 10.5 Å². The summed E-state index contributed by atoms with van der Waals surface area (Å²) in [6.07, 6.45) is 0.372. The van der Waals surface area contributed by atoms with Gasteiger partial charge >= 0.3 is 6.09 Å². The maximum atomic E-state index is 13.1. The number of carbonyl (C=O) groups is 2. The number of hydrogen-bond acceptors (Lipinski definition) is 5. The molecule has 0 radical (unpaired) electrons. The quantitative estimate of drug-likeness (QED) is 0.709. The monoisotopic (exact) mass is 477 g/mol. The van der Waals surface area contributed by atoms with E-state index in [1.807, 2.05) is 30.3 Å². The van der Waals surface area contributed by atoms with E-state index in [1.165, 1.54) is 29.4 Å². The van der Waals surface area contributed by atoms with Crippen molar-refractivity contribution in [3.05, 3.63) is 59.1 Å². The highest BCUT2D eigenvalue weighted by molar-refractivity contribution is 7.89. The van der Waals surface area contributed by atoms with Crippen LogP contribution in [-0.4, -0.2) is 55.3 Å². The lowest BCUT2D eigenvalue weighted by Crippen LogP contribution is -2.47. The smallest absolute Gasteiger partial charge is 0.410 e. The van der Waals surface area contributed by atoms with Crippen LogP contribution >= 0.6 is 11.6 Å². The van der Waals surface area contributed by atoms with E-state index in [0.717, 1.165) is 5.56 Å². The largest absolute Gasteiger partial charge is 0.439 e. The summed E-state index contributed by atoms with van der Waals surface area (Å²) in [5.41, 5.74) is 1.31. The molecular weight excluding hydrogens is 454 g/mol. The highest BCUT2D eigenvalue weighted by Crippen LogP contribution is 2.32. The molecular formula is C22H24ClN3O5S. The van der Waals surface area contributed by atoms with E-state index >= 15 is 0 Å². The molecule has 2 aliphatic rings. The SMILES string of the molecule is CC(=O)Nc1ccc(S(=O)(=O)N2CCC(N3CC(c4ccccc4)OC3=O)CC2)cc1Cl. The fraction of sp³-hybridized carbons (Fsp3) is 0.364. The zero-order chi connectivity index (χ0) is 22.9. The molecule has 2 aliphatic heterocycles. The number of carbonyl (C=O) groups excluding carboxylic acids is 2. The Balaban J connectivity index is 1.40. The van der Waals surface area contributed by atoms with E-state index in [0.29, 0.717) is 25.1 Å². The Labute approximate surface area is 192 Å². The van der Waals surface area contributed by atoms with Crippen molar-refractivity contribution in [3.8, 4) is 0 Å². The summed E-state index contributed by atoms with van der Waals surface area (Å²) in [5, 5.41) is 2.71. The number of halogens is 1. The first kappa shape index (κ1) is 22.6. The topological polar surface area (TPSA) is 96.0 Å². The molecule has 2 amide bonds. The van der Waals surface area contributed by atoms with Crippen molar-refractivity contribution >= 4 is 39.3 Å². The van der Waals surface area contributed by atoms with E-state index < -0.39 is 10.0 Å². The summed E-state index contributed by atoms with van der Waals surface area (Å²) < 4.78 is 33.1. The van der Waals surface area contributed by atoms with Crippen molar-refractivity contribution in [2.45, 2.75) is 36.8 Å². The van der Waals surface area contributed by atoms with Gasteiger partial charge in [-0.3, -0.25) is 4.79 Å². The van der Waals surface area contributed by atoms with Crippen molar-refractivity contribution in [2.75, 3.05) is 25.0 Å². The van der Waals surface area contributed by atoms with Crippen LogP contribution in [0.25, 0.3) is 0 Å². The minimum atomic E-state index is -3.74. The molecule has 4 rings (SSSR count). The minimum Gasteiger partial charge on any atom is -0.439 e. The van der Waals surface area contributed by atoms with Crippen LogP contribution in [0.3, 0.4) is 0 Å². The van der Waals surface area contributed by atoms with Crippen LogP contribution in [-0.2, 0) is 19.6 Å². The van der Waals surface area contributed by atoms with Crippen molar-refractivity contribution in [1.29, 1.82) is 0 Å². The Bertz CT molecular complexity index is 1120. The highest BCUT2D eigenvalue weighted by atomic mass is 35.5. The number of nitrogens with one attached hydrogen (secondary N) is 1. The predicted octanol–water partition coefficient (Wildman–Crippen LogP) is 3.65. The fourth-order valence-corrected chi connectivity index (χ4v) is 5.90. The van der Waals surface area contributed by atoms with Crippen LogP contribution in [0.1, 0.15) is 31.4 Å². The van der Waals surface area contributed by atoms with Crippen LogP contribution in [0.2, 0.25) is 5.02 Å². The Hall–Kier alpha value is -2.62. The van der Waals surface area contributed by atoms with E-state index in [4.69, 9.17) is 16.3 Å². The molecule has 1 unspecified atom stereocenters. The molecule has 2 heterocycles. The minimum absolute atomic E-state index is 0.0692. The average Bonchev–Trinajstić information content (AvgIpc) is 3.17. The van der Waals surface area contributed by atoms with Crippen molar-refractivity contribution < 1.29 is 22.7 Å². The van der Waals surface area contributed by atoms with Crippen LogP contribution in [0, 0.1) is 0 Å². The third-order valence-corrected chi connectivity index (χ3v) is 7.97. The predicted molar refractivity (Wildman–Crippen MR) is 120 cm³/mol. The second-order valence-corrected chi connectivity index (χ2v) is 10.2. The molecule has 2 aromatic rings. The number of benzene rings is 2. The first-order valence-electron chi connectivity index (χ1n) is 10.3. The van der Waals surface area contributed by atoms with Gasteiger partial charge in [-0.15, -0.1) is 0 Å². The third-order valence-electron chi connectivity index (χ3n) is 5.76. The van der Waals surface area contributed by atoms with Crippen LogP contribution in [0.15, 0.2) is 53.4 Å². The van der Waals surface area contributed by atoms with E-state index in [-0.39, 0.29) is 47.2 Å². The highest BCUT2D eigenvalue weighted by Gasteiger charge is 2.39. The fourth-order valence-electron chi connectivity index (χ4n) is 4.11. The zero-order valence-electron chi connectivity index (χ0n) is 17.5. The maximum Gasteiger partial charge on any atom is 0.410 e. The Morgan fingerprint density at radius 2 is 1.81 bits per heavy atom. The van der Waals surface area contributed by atoms with Gasteiger partial charge in [0, 0.05) is 26.1 Å².